The number of aromatic nitrogens is 2. The smallest absolute Gasteiger partial charge is 0.254 e. The molecule has 1 aliphatic rings. The van der Waals surface area contributed by atoms with Crippen LogP contribution in [0.3, 0.4) is 0 Å². The molecule has 0 spiro atoms. The molecule has 1 aliphatic carbocycles. The Morgan fingerprint density at radius 2 is 1.74 bits per heavy atom. The van der Waals surface area contributed by atoms with Crippen molar-refractivity contribution in [3.8, 4) is 5.69 Å². The second-order valence-corrected chi connectivity index (χ2v) is 6.41. The molecule has 4 nitrogen and oxygen atoms in total. The standard InChI is InChI=1S/C19H25N3O/c1-15-18(14-20-22(15)17-12-8-5-9-13-17)19(23)21-16-10-6-3-2-4-7-11-16/h5,8-9,12-14,16H,2-4,6-7,10-11H2,1H3,(H,21,23). The van der Waals surface area contributed by atoms with E-state index in [4.69, 9.17) is 0 Å². The van der Waals surface area contributed by atoms with Crippen LogP contribution in [0.5, 0.6) is 0 Å². The molecule has 4 heteroatoms. The number of para-hydroxylation sites is 1. The van der Waals surface area contributed by atoms with E-state index >= 15 is 0 Å². The molecule has 1 aromatic carbocycles. The van der Waals surface area contributed by atoms with Crippen LogP contribution in [0.1, 0.15) is 61.0 Å². The van der Waals surface area contributed by atoms with Gasteiger partial charge >= 0.3 is 0 Å². The Kier molecular flexibility index (Phi) is 5.11. The number of rotatable bonds is 3. The maximum Gasteiger partial charge on any atom is 0.254 e. The summed E-state index contributed by atoms with van der Waals surface area (Å²) in [5.74, 6) is 0.00949. The number of hydrogen-bond acceptors (Lipinski definition) is 2. The summed E-state index contributed by atoms with van der Waals surface area (Å²) in [4.78, 5) is 12.6. The van der Waals surface area contributed by atoms with Crippen LogP contribution in [0, 0.1) is 6.92 Å². The van der Waals surface area contributed by atoms with E-state index < -0.39 is 0 Å². The highest BCUT2D eigenvalue weighted by atomic mass is 16.1. The third-order valence-corrected chi connectivity index (χ3v) is 4.70. The van der Waals surface area contributed by atoms with Gasteiger partial charge in [0, 0.05) is 6.04 Å². The van der Waals surface area contributed by atoms with Crippen molar-refractivity contribution in [2.45, 2.75) is 57.9 Å². The molecule has 122 valence electrons. The zero-order chi connectivity index (χ0) is 16.1. The van der Waals surface area contributed by atoms with Crippen molar-refractivity contribution >= 4 is 5.91 Å². The molecule has 1 heterocycles. The Balaban J connectivity index is 1.71. The van der Waals surface area contributed by atoms with E-state index in [-0.39, 0.29) is 5.91 Å². The largest absolute Gasteiger partial charge is 0.349 e. The zero-order valence-corrected chi connectivity index (χ0v) is 13.8. The topological polar surface area (TPSA) is 46.9 Å². The van der Waals surface area contributed by atoms with Crippen molar-refractivity contribution in [2.24, 2.45) is 0 Å². The molecular weight excluding hydrogens is 286 g/mol. The molecule has 1 saturated carbocycles. The summed E-state index contributed by atoms with van der Waals surface area (Å²) in [7, 11) is 0. The minimum Gasteiger partial charge on any atom is -0.349 e. The normalized spacial score (nSPS) is 16.6. The van der Waals surface area contributed by atoms with Crippen molar-refractivity contribution in [1.29, 1.82) is 0 Å². The molecule has 0 saturated heterocycles. The Hall–Kier alpha value is -2.10. The van der Waals surface area contributed by atoms with Crippen LogP contribution in [0.2, 0.25) is 0 Å². The van der Waals surface area contributed by atoms with Crippen molar-refractivity contribution in [3.05, 3.63) is 47.8 Å². The Morgan fingerprint density at radius 3 is 2.43 bits per heavy atom. The lowest BCUT2D eigenvalue weighted by Crippen LogP contribution is -2.35. The Bertz CT molecular complexity index is 640. The summed E-state index contributed by atoms with van der Waals surface area (Å²) in [6, 6.07) is 10.2. The molecular formula is C19H25N3O. The molecule has 23 heavy (non-hydrogen) atoms. The van der Waals surface area contributed by atoms with Crippen molar-refractivity contribution in [1.82, 2.24) is 15.1 Å². The van der Waals surface area contributed by atoms with Gasteiger partial charge in [-0.3, -0.25) is 4.79 Å². The maximum absolute atomic E-state index is 12.6. The van der Waals surface area contributed by atoms with Gasteiger partial charge in [-0.25, -0.2) is 4.68 Å². The fourth-order valence-corrected chi connectivity index (χ4v) is 3.33. The Labute approximate surface area is 137 Å². The summed E-state index contributed by atoms with van der Waals surface area (Å²) >= 11 is 0. The summed E-state index contributed by atoms with van der Waals surface area (Å²) in [6.45, 7) is 1.95. The molecule has 2 aromatic rings. The molecule has 1 amide bonds. The van der Waals surface area contributed by atoms with Crippen molar-refractivity contribution < 1.29 is 4.79 Å². The molecule has 1 fully saturated rings. The fourth-order valence-electron chi connectivity index (χ4n) is 3.33. The van der Waals surface area contributed by atoms with Gasteiger partial charge in [0.25, 0.3) is 5.91 Å². The third kappa shape index (κ3) is 3.81. The van der Waals surface area contributed by atoms with Crippen LogP contribution in [-0.4, -0.2) is 21.7 Å². The van der Waals surface area contributed by atoms with E-state index in [2.05, 4.69) is 10.4 Å². The van der Waals surface area contributed by atoms with E-state index in [1.807, 2.05) is 41.9 Å². The number of carbonyl (C=O) groups is 1. The maximum atomic E-state index is 12.6. The van der Waals surface area contributed by atoms with Gasteiger partial charge in [-0.05, 0) is 31.9 Å². The predicted molar refractivity (Wildman–Crippen MR) is 91.9 cm³/mol. The number of amides is 1. The fraction of sp³-hybridized carbons (Fsp3) is 0.474. The third-order valence-electron chi connectivity index (χ3n) is 4.70. The highest BCUT2D eigenvalue weighted by Crippen LogP contribution is 2.19. The van der Waals surface area contributed by atoms with Gasteiger partial charge in [-0.1, -0.05) is 50.3 Å². The van der Waals surface area contributed by atoms with Gasteiger partial charge in [0.1, 0.15) is 0 Å². The molecule has 1 aromatic heterocycles. The first kappa shape index (κ1) is 15.8. The van der Waals surface area contributed by atoms with Crippen LogP contribution in [-0.2, 0) is 0 Å². The molecule has 0 bridgehead atoms. The molecule has 3 rings (SSSR count). The lowest BCUT2D eigenvalue weighted by atomic mass is 9.96. The van der Waals surface area contributed by atoms with Crippen LogP contribution in [0.4, 0.5) is 0 Å². The highest BCUT2D eigenvalue weighted by molar-refractivity contribution is 5.95. The van der Waals surface area contributed by atoms with Gasteiger partial charge in [0.2, 0.25) is 0 Å². The van der Waals surface area contributed by atoms with E-state index in [9.17, 15) is 4.79 Å². The number of hydrogen-bond donors (Lipinski definition) is 1. The first-order valence-corrected chi connectivity index (χ1v) is 8.66. The molecule has 1 N–H and O–H groups in total. The predicted octanol–water partition coefficient (Wildman–Crippen LogP) is 4.02. The first-order valence-electron chi connectivity index (χ1n) is 8.66. The van der Waals surface area contributed by atoms with E-state index in [0.29, 0.717) is 11.6 Å². The van der Waals surface area contributed by atoms with Gasteiger partial charge in [0.05, 0.1) is 23.1 Å². The minimum absolute atomic E-state index is 0.00949. The molecule has 0 radical (unpaired) electrons. The molecule has 0 atom stereocenters. The number of carbonyl (C=O) groups excluding carboxylic acids is 1. The van der Waals surface area contributed by atoms with Gasteiger partial charge in [0.15, 0.2) is 0 Å². The van der Waals surface area contributed by atoms with Gasteiger partial charge < -0.3 is 5.32 Å². The molecule has 0 aliphatic heterocycles. The van der Waals surface area contributed by atoms with Crippen LogP contribution in [0.25, 0.3) is 5.69 Å². The summed E-state index contributed by atoms with van der Waals surface area (Å²) in [5, 5.41) is 7.61. The van der Waals surface area contributed by atoms with Crippen molar-refractivity contribution in [2.75, 3.05) is 0 Å². The van der Waals surface area contributed by atoms with Crippen LogP contribution >= 0.6 is 0 Å². The van der Waals surface area contributed by atoms with Crippen LogP contribution < -0.4 is 5.32 Å². The van der Waals surface area contributed by atoms with Gasteiger partial charge in [-0.15, -0.1) is 0 Å². The number of benzene rings is 1. The summed E-state index contributed by atoms with van der Waals surface area (Å²) in [6.07, 6.45) is 10.2. The van der Waals surface area contributed by atoms with E-state index in [1.54, 1.807) is 6.20 Å². The SMILES string of the molecule is Cc1c(C(=O)NC2CCCCCCC2)cnn1-c1ccccc1. The van der Waals surface area contributed by atoms with Crippen molar-refractivity contribution in [3.63, 3.8) is 0 Å². The zero-order valence-electron chi connectivity index (χ0n) is 13.8. The summed E-state index contributed by atoms with van der Waals surface area (Å²) < 4.78 is 1.83. The van der Waals surface area contributed by atoms with Gasteiger partial charge in [-0.2, -0.15) is 5.10 Å². The average Bonchev–Trinajstić information content (AvgIpc) is 2.92. The Morgan fingerprint density at radius 1 is 1.09 bits per heavy atom. The average molecular weight is 311 g/mol. The lowest BCUT2D eigenvalue weighted by molar-refractivity contribution is 0.0930. The van der Waals surface area contributed by atoms with E-state index in [1.165, 1.54) is 32.1 Å². The first-order chi connectivity index (χ1) is 11.3. The quantitative estimate of drug-likeness (QED) is 0.930. The minimum atomic E-state index is 0.00949. The van der Waals surface area contributed by atoms with E-state index in [0.717, 1.165) is 24.2 Å². The number of nitrogens with one attached hydrogen (secondary N) is 1. The second kappa shape index (κ2) is 7.44. The lowest BCUT2D eigenvalue weighted by Gasteiger charge is -2.20. The number of nitrogens with zero attached hydrogens (tertiary/aromatic N) is 2. The summed E-state index contributed by atoms with van der Waals surface area (Å²) in [5.41, 5.74) is 2.55. The monoisotopic (exact) mass is 311 g/mol. The molecule has 0 unspecified atom stereocenters. The van der Waals surface area contributed by atoms with Crippen LogP contribution in [0.15, 0.2) is 36.5 Å². The second-order valence-electron chi connectivity index (χ2n) is 6.41. The highest BCUT2D eigenvalue weighted by Gasteiger charge is 2.19.